The number of nitrogens with zero attached hydrogens (tertiary/aromatic N) is 1. The molecule has 0 unspecified atom stereocenters. The molecule has 0 saturated heterocycles. The molecule has 0 aliphatic carbocycles. The minimum absolute atomic E-state index is 0.308. The van der Waals surface area contributed by atoms with Crippen LogP contribution in [0.1, 0.15) is 15.9 Å². The monoisotopic (exact) mass is 218 g/mol. The minimum Gasteiger partial charge on any atom is -0.465 e. The molecule has 4 heteroatoms. The number of hydrazine groups is 1. The number of rotatable bonds is 2. The van der Waals surface area contributed by atoms with Crippen LogP contribution in [-0.2, 0) is 4.74 Å². The lowest BCUT2D eigenvalue weighted by Gasteiger charge is -2.11. The van der Waals surface area contributed by atoms with Crippen LogP contribution in [0.15, 0.2) is 30.3 Å². The predicted molar refractivity (Wildman–Crippen MR) is 61.5 cm³/mol. The third-order valence-electron chi connectivity index (χ3n) is 2.50. The third-order valence-corrected chi connectivity index (χ3v) is 2.50. The number of nitrogens with one attached hydrogen (secondary N) is 1. The zero-order chi connectivity index (χ0) is 11.5. The van der Waals surface area contributed by atoms with Crippen LogP contribution < -0.4 is 5.43 Å². The number of ether oxygens (including phenoxy) is 1. The highest BCUT2D eigenvalue weighted by molar-refractivity contribution is 5.89. The fraction of sp³-hybridized carbons (Fsp3) is 0.250. The summed E-state index contributed by atoms with van der Waals surface area (Å²) in [6.45, 7) is 0.883. The molecule has 1 aromatic carbocycles. The van der Waals surface area contributed by atoms with Gasteiger partial charge >= 0.3 is 5.97 Å². The second kappa shape index (κ2) is 4.37. The van der Waals surface area contributed by atoms with E-state index in [1.165, 1.54) is 7.11 Å². The number of carbonyl (C=O) groups excluding carboxylic acids is 1. The predicted octanol–water partition coefficient (Wildman–Crippen LogP) is 1.26. The fourth-order valence-corrected chi connectivity index (χ4v) is 1.61. The van der Waals surface area contributed by atoms with E-state index in [-0.39, 0.29) is 5.97 Å². The van der Waals surface area contributed by atoms with Crippen LogP contribution in [0.3, 0.4) is 0 Å². The van der Waals surface area contributed by atoms with E-state index >= 15 is 0 Å². The third kappa shape index (κ3) is 2.06. The minimum atomic E-state index is -0.308. The Labute approximate surface area is 94.5 Å². The molecule has 0 bridgehead atoms. The first-order valence-corrected chi connectivity index (χ1v) is 5.07. The van der Waals surface area contributed by atoms with Gasteiger partial charge < -0.3 is 10.2 Å². The Kier molecular flexibility index (Phi) is 2.92. The first kappa shape index (κ1) is 10.7. The van der Waals surface area contributed by atoms with E-state index in [0.29, 0.717) is 5.56 Å². The Morgan fingerprint density at radius 2 is 2.06 bits per heavy atom. The van der Waals surface area contributed by atoms with Crippen molar-refractivity contribution in [2.45, 2.75) is 0 Å². The Hall–Kier alpha value is -1.81. The standard InChI is InChI=1S/C12H14N2O2/c1-14-8-7-11(13-14)9-3-5-10(6-4-9)12(15)16-2/h3-7,13H,8H2,1-2H3. The fourth-order valence-electron chi connectivity index (χ4n) is 1.61. The molecule has 0 aromatic heterocycles. The summed E-state index contributed by atoms with van der Waals surface area (Å²) >= 11 is 0. The maximum Gasteiger partial charge on any atom is 0.337 e. The maximum atomic E-state index is 11.2. The summed E-state index contributed by atoms with van der Waals surface area (Å²) < 4.78 is 4.64. The molecule has 0 fully saturated rings. The Morgan fingerprint density at radius 3 is 2.56 bits per heavy atom. The van der Waals surface area contributed by atoms with E-state index in [4.69, 9.17) is 0 Å². The van der Waals surface area contributed by atoms with Gasteiger partial charge in [-0.3, -0.25) is 0 Å². The zero-order valence-corrected chi connectivity index (χ0v) is 9.36. The van der Waals surface area contributed by atoms with Crippen molar-refractivity contribution in [1.82, 2.24) is 10.4 Å². The van der Waals surface area contributed by atoms with Gasteiger partial charge in [-0.15, -0.1) is 0 Å². The molecule has 0 radical (unpaired) electrons. The van der Waals surface area contributed by atoms with Crippen molar-refractivity contribution in [3.63, 3.8) is 0 Å². The van der Waals surface area contributed by atoms with Crippen molar-refractivity contribution >= 4 is 11.7 Å². The highest BCUT2D eigenvalue weighted by atomic mass is 16.5. The van der Waals surface area contributed by atoms with Gasteiger partial charge in [-0.1, -0.05) is 12.1 Å². The molecule has 0 amide bonds. The van der Waals surface area contributed by atoms with Crippen molar-refractivity contribution in [3.8, 4) is 0 Å². The van der Waals surface area contributed by atoms with E-state index in [1.807, 2.05) is 24.2 Å². The van der Waals surface area contributed by atoms with E-state index in [2.05, 4.69) is 16.2 Å². The van der Waals surface area contributed by atoms with Crippen molar-refractivity contribution in [2.75, 3.05) is 20.7 Å². The van der Waals surface area contributed by atoms with Crippen LogP contribution in [0.5, 0.6) is 0 Å². The van der Waals surface area contributed by atoms with Crippen LogP contribution in [0.2, 0.25) is 0 Å². The van der Waals surface area contributed by atoms with Crippen molar-refractivity contribution < 1.29 is 9.53 Å². The lowest BCUT2D eigenvalue weighted by Crippen LogP contribution is -2.26. The van der Waals surface area contributed by atoms with Crippen molar-refractivity contribution in [3.05, 3.63) is 41.5 Å². The van der Waals surface area contributed by atoms with Crippen LogP contribution in [0.25, 0.3) is 5.70 Å². The van der Waals surface area contributed by atoms with E-state index in [9.17, 15) is 4.79 Å². The summed E-state index contributed by atoms with van der Waals surface area (Å²) in [6.07, 6.45) is 2.10. The normalized spacial score (nSPS) is 15.5. The Balaban J connectivity index is 2.17. The number of hydrogen-bond donors (Lipinski definition) is 1. The molecule has 1 heterocycles. The number of benzene rings is 1. The summed E-state index contributed by atoms with van der Waals surface area (Å²) in [5.41, 5.74) is 5.91. The van der Waals surface area contributed by atoms with Gasteiger partial charge in [0.05, 0.1) is 18.4 Å². The molecule has 4 nitrogen and oxygen atoms in total. The van der Waals surface area contributed by atoms with Gasteiger partial charge in [-0.25, -0.2) is 9.80 Å². The molecule has 1 aromatic rings. The van der Waals surface area contributed by atoms with Crippen LogP contribution >= 0.6 is 0 Å². The molecular formula is C12H14N2O2. The van der Waals surface area contributed by atoms with E-state index < -0.39 is 0 Å². The molecule has 84 valence electrons. The molecule has 1 aliphatic rings. The van der Waals surface area contributed by atoms with Gasteiger partial charge in [0.1, 0.15) is 0 Å². The van der Waals surface area contributed by atoms with Crippen molar-refractivity contribution in [2.24, 2.45) is 0 Å². The number of likely N-dealkylation sites (N-methyl/N-ethyl adjacent to an activating group) is 1. The van der Waals surface area contributed by atoms with Gasteiger partial charge in [0.25, 0.3) is 0 Å². The smallest absolute Gasteiger partial charge is 0.337 e. The molecule has 2 rings (SSSR count). The van der Waals surface area contributed by atoms with Crippen LogP contribution in [0.4, 0.5) is 0 Å². The Morgan fingerprint density at radius 1 is 1.38 bits per heavy atom. The number of carbonyl (C=O) groups is 1. The average molecular weight is 218 g/mol. The number of hydrogen-bond acceptors (Lipinski definition) is 4. The van der Waals surface area contributed by atoms with Crippen LogP contribution in [-0.4, -0.2) is 31.7 Å². The highest BCUT2D eigenvalue weighted by Crippen LogP contribution is 2.16. The summed E-state index contributed by atoms with van der Waals surface area (Å²) in [4.78, 5) is 11.2. The van der Waals surface area contributed by atoms with E-state index in [0.717, 1.165) is 17.8 Å². The van der Waals surface area contributed by atoms with Crippen molar-refractivity contribution in [1.29, 1.82) is 0 Å². The highest BCUT2D eigenvalue weighted by Gasteiger charge is 2.11. The van der Waals surface area contributed by atoms with Gasteiger partial charge in [0, 0.05) is 13.6 Å². The van der Waals surface area contributed by atoms with Gasteiger partial charge in [0.15, 0.2) is 0 Å². The number of methoxy groups -OCH3 is 1. The quantitative estimate of drug-likeness (QED) is 0.759. The van der Waals surface area contributed by atoms with E-state index in [1.54, 1.807) is 12.1 Å². The van der Waals surface area contributed by atoms with Crippen LogP contribution in [0, 0.1) is 0 Å². The summed E-state index contributed by atoms with van der Waals surface area (Å²) in [6, 6.07) is 7.35. The maximum absolute atomic E-state index is 11.2. The van der Waals surface area contributed by atoms with Gasteiger partial charge in [-0.2, -0.15) is 0 Å². The summed E-state index contributed by atoms with van der Waals surface area (Å²) in [7, 11) is 3.36. The first-order valence-electron chi connectivity index (χ1n) is 5.07. The lowest BCUT2D eigenvalue weighted by atomic mass is 10.1. The molecule has 1 N–H and O–H groups in total. The summed E-state index contributed by atoms with van der Waals surface area (Å²) in [5.74, 6) is -0.308. The molecule has 0 saturated carbocycles. The SMILES string of the molecule is COC(=O)c1ccc(C2=CCN(C)N2)cc1. The molecule has 16 heavy (non-hydrogen) atoms. The lowest BCUT2D eigenvalue weighted by molar-refractivity contribution is 0.0600. The molecular weight excluding hydrogens is 204 g/mol. The van der Waals surface area contributed by atoms with Gasteiger partial charge in [-0.05, 0) is 23.8 Å². The molecule has 0 spiro atoms. The molecule has 1 aliphatic heterocycles. The summed E-state index contributed by atoms with van der Waals surface area (Å²) in [5, 5.41) is 1.99. The average Bonchev–Trinajstić information content (AvgIpc) is 2.75. The number of esters is 1. The first-order chi connectivity index (χ1) is 7.70. The Bertz CT molecular complexity index is 423. The molecule has 0 atom stereocenters. The second-order valence-corrected chi connectivity index (χ2v) is 3.68. The van der Waals surface area contributed by atoms with Gasteiger partial charge in [0.2, 0.25) is 0 Å². The second-order valence-electron chi connectivity index (χ2n) is 3.68. The zero-order valence-electron chi connectivity index (χ0n) is 9.36. The topological polar surface area (TPSA) is 41.6 Å². The largest absolute Gasteiger partial charge is 0.465 e.